The van der Waals surface area contributed by atoms with Crippen molar-refractivity contribution in [1.82, 2.24) is 0 Å². The topological polar surface area (TPSA) is 201 Å². The molecule has 0 aliphatic carbocycles. The molecule has 2 radical (unpaired) electrons. The van der Waals surface area contributed by atoms with Gasteiger partial charge in [-0.15, -0.1) is 0 Å². The molecular formula is C17H33BiO10S3. The minimum absolute atomic E-state index is 0. The molecule has 0 bridgehead atoms. The van der Waals surface area contributed by atoms with E-state index in [4.69, 9.17) is 20.4 Å². The first kappa shape index (κ1) is 41.4. The summed E-state index contributed by atoms with van der Waals surface area (Å²) in [6, 6.07) is 0. The molecule has 0 spiro atoms. The van der Waals surface area contributed by atoms with Crippen molar-refractivity contribution >= 4 is 82.0 Å². The molecule has 0 saturated carbocycles. The Bertz CT molecular complexity index is 433. The standard InChI is InChI=1S/C5H12O4.3C4H8O2S.Bi/c6-1-5(2-7,3-8)4-9;3*1-4(2,7)3(5)6;/h6-9H,1-4H2;3*7H,1-2H3,(H,5,6);/q;;;;+3/p-3. The molecule has 0 amide bonds. The monoisotopic (exact) mass is 702 g/mol. The van der Waals surface area contributed by atoms with Crippen LogP contribution in [0, 0.1) is 5.41 Å². The number of hydrogen-bond acceptors (Lipinski definition) is 13. The van der Waals surface area contributed by atoms with Gasteiger partial charge in [0.2, 0.25) is 0 Å². The van der Waals surface area contributed by atoms with Crippen LogP contribution in [0.2, 0.25) is 0 Å². The number of carbonyl (C=O) groups is 3. The van der Waals surface area contributed by atoms with E-state index in [1.807, 2.05) is 0 Å². The normalized spacial score (nSPS) is 11.1. The third-order valence-corrected chi connectivity index (χ3v) is 3.39. The Morgan fingerprint density at radius 1 is 0.581 bits per heavy atom. The van der Waals surface area contributed by atoms with Crippen LogP contribution in [0.3, 0.4) is 0 Å². The van der Waals surface area contributed by atoms with Crippen molar-refractivity contribution in [3.63, 3.8) is 0 Å². The number of carboxylic acids is 3. The van der Waals surface area contributed by atoms with E-state index in [0.29, 0.717) is 0 Å². The van der Waals surface area contributed by atoms with E-state index in [0.717, 1.165) is 0 Å². The zero-order chi connectivity index (χ0) is 25.6. The van der Waals surface area contributed by atoms with E-state index in [9.17, 15) is 29.7 Å². The van der Waals surface area contributed by atoms with Crippen LogP contribution in [0.25, 0.3) is 0 Å². The molecule has 184 valence electrons. The summed E-state index contributed by atoms with van der Waals surface area (Å²) in [6.45, 7) is 7.16. The summed E-state index contributed by atoms with van der Waals surface area (Å²) in [7, 11) is 0. The summed E-state index contributed by atoms with van der Waals surface area (Å²) < 4.78 is -3.00. The van der Waals surface area contributed by atoms with Gasteiger partial charge in [0.1, 0.15) is 0 Å². The van der Waals surface area contributed by atoms with Gasteiger partial charge in [0, 0.05) is 14.2 Å². The Hall–Kier alpha value is 0.183. The van der Waals surface area contributed by atoms with E-state index >= 15 is 0 Å². The minimum atomic E-state index is -1.14. The SMILES string of the molecule is CC(C)(S)C(=O)[O-].CC(C)(S)C(=O)[O-].CC(C)(S)C(=O)[O-].OCC(CO)(CO)CO.[Bi+3]. The largest absolute Gasteiger partial charge is 3.00 e. The van der Waals surface area contributed by atoms with Crippen LogP contribution in [0.4, 0.5) is 0 Å². The zero-order valence-corrected chi connectivity index (χ0v) is 24.5. The third-order valence-electron chi connectivity index (χ3n) is 2.84. The molecule has 10 nitrogen and oxygen atoms in total. The van der Waals surface area contributed by atoms with Crippen molar-refractivity contribution in [2.75, 3.05) is 26.4 Å². The predicted molar refractivity (Wildman–Crippen MR) is 121 cm³/mol. The van der Waals surface area contributed by atoms with Gasteiger partial charge in [-0.25, -0.2) is 0 Å². The number of thiol groups is 3. The Morgan fingerprint density at radius 2 is 0.677 bits per heavy atom. The zero-order valence-electron chi connectivity index (χ0n) is 18.4. The van der Waals surface area contributed by atoms with Gasteiger partial charge in [0.15, 0.2) is 0 Å². The van der Waals surface area contributed by atoms with Crippen LogP contribution in [-0.4, -0.2) is 105 Å². The Balaban J connectivity index is -0.0000000965. The number of carbonyl (C=O) groups excluding carboxylic acids is 3. The van der Waals surface area contributed by atoms with Gasteiger partial charge in [0.25, 0.3) is 0 Å². The molecule has 0 heterocycles. The van der Waals surface area contributed by atoms with Gasteiger partial charge in [-0.2, -0.15) is 37.9 Å². The van der Waals surface area contributed by atoms with Crippen molar-refractivity contribution in [1.29, 1.82) is 0 Å². The maximum atomic E-state index is 9.83. The van der Waals surface area contributed by atoms with E-state index < -0.39 is 64.0 Å². The number of aliphatic carboxylic acids is 3. The first-order valence-electron chi connectivity index (χ1n) is 8.32. The molecule has 0 aromatic carbocycles. The molecular weight excluding hydrogens is 669 g/mol. The number of aliphatic hydroxyl groups is 4. The Morgan fingerprint density at radius 3 is 0.677 bits per heavy atom. The average molecular weight is 703 g/mol. The van der Waals surface area contributed by atoms with Gasteiger partial charge >= 0.3 is 26.2 Å². The average Bonchev–Trinajstić information content (AvgIpc) is 2.56. The molecule has 31 heavy (non-hydrogen) atoms. The summed E-state index contributed by atoms with van der Waals surface area (Å²) in [5, 5.41) is 63.5. The summed E-state index contributed by atoms with van der Waals surface area (Å²) >= 11 is 11.1. The van der Waals surface area contributed by atoms with Gasteiger partial charge < -0.3 is 50.1 Å². The summed E-state index contributed by atoms with van der Waals surface area (Å²) in [6.07, 6.45) is 0. The molecule has 0 atom stereocenters. The number of carboxylic acid groups (broad SMARTS) is 3. The molecule has 4 N–H and O–H groups in total. The van der Waals surface area contributed by atoms with Crippen molar-refractivity contribution in [2.24, 2.45) is 5.41 Å². The second kappa shape index (κ2) is 18.6. The maximum absolute atomic E-state index is 9.83. The molecule has 0 saturated heterocycles. The van der Waals surface area contributed by atoms with Crippen LogP contribution in [0.15, 0.2) is 0 Å². The molecule has 0 rings (SSSR count). The van der Waals surface area contributed by atoms with Gasteiger partial charge in [-0.1, -0.05) is 0 Å². The van der Waals surface area contributed by atoms with Crippen molar-refractivity contribution in [3.05, 3.63) is 0 Å². The number of rotatable bonds is 7. The fourth-order valence-electron chi connectivity index (χ4n) is 0.300. The van der Waals surface area contributed by atoms with Crippen LogP contribution in [0.5, 0.6) is 0 Å². The van der Waals surface area contributed by atoms with Crippen LogP contribution >= 0.6 is 37.9 Å². The molecule has 0 aromatic rings. The third kappa shape index (κ3) is 26.3. The smallest absolute Gasteiger partial charge is 0.549 e. The Kier molecular flexibility index (Phi) is 24.9. The number of aliphatic hydroxyl groups excluding tert-OH is 4. The predicted octanol–water partition coefficient (Wildman–Crippen LogP) is -4.10. The van der Waals surface area contributed by atoms with Gasteiger partial charge in [-0.3, -0.25) is 0 Å². The summed E-state index contributed by atoms with van der Waals surface area (Å²) in [4.78, 5) is 29.5. The summed E-state index contributed by atoms with van der Waals surface area (Å²) in [5.41, 5.74) is -1.11. The molecule has 0 unspecified atom stereocenters. The van der Waals surface area contributed by atoms with Gasteiger partial charge in [-0.05, 0) is 41.5 Å². The Labute approximate surface area is 218 Å². The molecule has 14 heteroatoms. The molecule has 0 aliphatic rings. The molecule has 0 aromatic heterocycles. The fourth-order valence-corrected chi connectivity index (χ4v) is 0.300. The van der Waals surface area contributed by atoms with E-state index in [1.54, 1.807) is 0 Å². The first-order valence-corrected chi connectivity index (χ1v) is 9.67. The second-order valence-corrected chi connectivity index (χ2v) is 11.0. The van der Waals surface area contributed by atoms with Crippen molar-refractivity contribution in [2.45, 2.75) is 55.8 Å². The molecule has 0 aliphatic heterocycles. The minimum Gasteiger partial charge on any atom is -0.549 e. The second-order valence-electron chi connectivity index (χ2n) is 7.67. The molecule has 0 fully saturated rings. The van der Waals surface area contributed by atoms with Crippen LogP contribution < -0.4 is 15.3 Å². The van der Waals surface area contributed by atoms with Crippen molar-refractivity contribution in [3.8, 4) is 0 Å². The van der Waals surface area contributed by atoms with Crippen LogP contribution in [0.1, 0.15) is 41.5 Å². The van der Waals surface area contributed by atoms with E-state index in [-0.39, 0.29) is 26.2 Å². The van der Waals surface area contributed by atoms with E-state index in [2.05, 4.69) is 37.9 Å². The van der Waals surface area contributed by atoms with Crippen molar-refractivity contribution < 1.29 is 50.1 Å². The van der Waals surface area contributed by atoms with Crippen LogP contribution in [-0.2, 0) is 14.4 Å². The summed E-state index contributed by atoms with van der Waals surface area (Å²) in [5.74, 6) is -3.43. The maximum Gasteiger partial charge on any atom is 3.00 e. The fraction of sp³-hybridized carbons (Fsp3) is 0.824. The quantitative estimate of drug-likeness (QED) is 0.101. The first-order chi connectivity index (χ1) is 13.1. The van der Waals surface area contributed by atoms with E-state index in [1.165, 1.54) is 41.5 Å². The number of hydrogen-bond donors (Lipinski definition) is 7. The van der Waals surface area contributed by atoms with Gasteiger partial charge in [0.05, 0.1) is 49.8 Å².